The predicted molar refractivity (Wildman–Crippen MR) is 140 cm³/mol. The number of ether oxygens (including phenoxy) is 1. The van der Waals surface area contributed by atoms with Crippen LogP contribution in [0.15, 0.2) is 53.5 Å². The fraction of sp³-hybridized carbons (Fsp3) is 0.379. The number of hydrogen-bond acceptors (Lipinski definition) is 5. The number of benzene rings is 2. The molecule has 0 aliphatic heterocycles. The molecular formula is C29H31N3O3S. The van der Waals surface area contributed by atoms with Crippen LogP contribution in [0.3, 0.4) is 0 Å². The molecule has 36 heavy (non-hydrogen) atoms. The second-order valence-corrected chi connectivity index (χ2v) is 10.1. The lowest BCUT2D eigenvalue weighted by Crippen LogP contribution is -2.24. The molecule has 186 valence electrons. The summed E-state index contributed by atoms with van der Waals surface area (Å²) in [5, 5.41) is 9.45. The molecule has 0 atom stereocenters. The Bertz CT molecular complexity index is 1340. The maximum Gasteiger partial charge on any atom is 0.356 e. The third kappa shape index (κ3) is 6.00. The van der Waals surface area contributed by atoms with Gasteiger partial charge < -0.3 is 9.30 Å². The summed E-state index contributed by atoms with van der Waals surface area (Å²) in [6, 6.07) is 17.7. The molecule has 1 aliphatic carbocycles. The Hall–Kier alpha value is -3.50. The number of aryl methyl sites for hydroxylation is 1. The second-order valence-electron chi connectivity index (χ2n) is 9.00. The number of nitriles is 1. The van der Waals surface area contributed by atoms with Crippen molar-refractivity contribution in [2.24, 2.45) is 10.9 Å². The Morgan fingerprint density at radius 1 is 1.11 bits per heavy atom. The standard InChI is InChI=1S/C29H31N3O3S/c1-3-5-6-11-25-26(28(34)35-4-2)32(29(36-25)31-27(33)22-16-17-22)19-20-12-14-21(15-13-20)24-10-8-7-9-23(24)18-30/h7-10,12-15,22H,3-6,11,16-17,19H2,1-2H3. The van der Waals surface area contributed by atoms with Gasteiger partial charge in [0.2, 0.25) is 0 Å². The zero-order valence-electron chi connectivity index (χ0n) is 20.8. The molecule has 1 heterocycles. The molecule has 0 spiro atoms. The van der Waals surface area contributed by atoms with Gasteiger partial charge in [-0.1, -0.05) is 62.2 Å². The summed E-state index contributed by atoms with van der Waals surface area (Å²) >= 11 is 1.43. The fourth-order valence-corrected chi connectivity index (χ4v) is 5.30. The Balaban J connectivity index is 1.73. The molecule has 1 saturated carbocycles. The Labute approximate surface area is 215 Å². The van der Waals surface area contributed by atoms with Crippen molar-refractivity contribution >= 4 is 23.2 Å². The molecule has 4 rings (SSSR count). The number of unbranched alkanes of at least 4 members (excludes halogenated alkanes) is 2. The zero-order chi connectivity index (χ0) is 25.5. The summed E-state index contributed by atoms with van der Waals surface area (Å²) in [6.07, 6.45) is 5.63. The summed E-state index contributed by atoms with van der Waals surface area (Å²) in [5.41, 5.74) is 3.92. The normalized spacial score (nSPS) is 13.4. The monoisotopic (exact) mass is 501 g/mol. The predicted octanol–water partition coefficient (Wildman–Crippen LogP) is 5.88. The van der Waals surface area contributed by atoms with E-state index in [1.165, 1.54) is 11.3 Å². The van der Waals surface area contributed by atoms with Crippen molar-refractivity contribution < 1.29 is 14.3 Å². The van der Waals surface area contributed by atoms with Crippen LogP contribution in [0.4, 0.5) is 0 Å². The highest BCUT2D eigenvalue weighted by Crippen LogP contribution is 2.30. The minimum Gasteiger partial charge on any atom is -0.461 e. The number of amides is 1. The third-order valence-corrected chi connectivity index (χ3v) is 7.38. The van der Waals surface area contributed by atoms with Crippen LogP contribution in [-0.2, 0) is 22.5 Å². The lowest BCUT2D eigenvalue weighted by molar-refractivity contribution is -0.119. The van der Waals surface area contributed by atoms with Crippen LogP contribution >= 0.6 is 11.3 Å². The van der Waals surface area contributed by atoms with E-state index in [-0.39, 0.29) is 24.4 Å². The number of hydrogen-bond donors (Lipinski definition) is 0. The average molecular weight is 502 g/mol. The number of carbonyl (C=O) groups is 2. The minimum absolute atomic E-state index is 0.00891. The SMILES string of the molecule is CCCCCc1sc(=NC(=O)C2CC2)n(Cc2ccc(-c3ccccc3C#N)cc2)c1C(=O)OCC. The van der Waals surface area contributed by atoms with Gasteiger partial charge in [-0.05, 0) is 55.4 Å². The minimum atomic E-state index is -0.375. The molecule has 0 saturated heterocycles. The molecule has 1 amide bonds. The topological polar surface area (TPSA) is 84.5 Å². The number of nitrogens with zero attached hydrogens (tertiary/aromatic N) is 3. The maximum absolute atomic E-state index is 13.1. The first kappa shape index (κ1) is 25.6. The molecule has 6 nitrogen and oxygen atoms in total. The van der Waals surface area contributed by atoms with Crippen molar-refractivity contribution in [1.29, 1.82) is 5.26 Å². The van der Waals surface area contributed by atoms with Crippen molar-refractivity contribution in [1.82, 2.24) is 4.57 Å². The van der Waals surface area contributed by atoms with Crippen LogP contribution in [0.5, 0.6) is 0 Å². The largest absolute Gasteiger partial charge is 0.461 e. The smallest absolute Gasteiger partial charge is 0.356 e. The van der Waals surface area contributed by atoms with Gasteiger partial charge in [-0.25, -0.2) is 4.79 Å². The first-order chi connectivity index (χ1) is 17.5. The molecule has 7 heteroatoms. The number of aromatic nitrogens is 1. The van der Waals surface area contributed by atoms with Gasteiger partial charge in [-0.15, -0.1) is 11.3 Å². The summed E-state index contributed by atoms with van der Waals surface area (Å²) in [5.74, 6) is -0.473. The quantitative estimate of drug-likeness (QED) is 0.256. The van der Waals surface area contributed by atoms with E-state index >= 15 is 0 Å². The summed E-state index contributed by atoms with van der Waals surface area (Å²) in [6.45, 7) is 4.62. The van der Waals surface area contributed by atoms with Crippen molar-refractivity contribution in [3.63, 3.8) is 0 Å². The van der Waals surface area contributed by atoms with E-state index in [4.69, 9.17) is 4.74 Å². The number of esters is 1. The van der Waals surface area contributed by atoms with E-state index in [9.17, 15) is 14.9 Å². The van der Waals surface area contributed by atoms with Crippen molar-refractivity contribution in [3.05, 3.63) is 75.0 Å². The summed E-state index contributed by atoms with van der Waals surface area (Å²) < 4.78 is 7.27. The lowest BCUT2D eigenvalue weighted by Gasteiger charge is -2.11. The average Bonchev–Trinajstić information content (AvgIpc) is 3.69. The van der Waals surface area contributed by atoms with Crippen LogP contribution in [0.2, 0.25) is 0 Å². The van der Waals surface area contributed by atoms with E-state index in [0.29, 0.717) is 22.6 Å². The van der Waals surface area contributed by atoms with Gasteiger partial charge in [-0.3, -0.25) is 4.79 Å². The molecule has 0 N–H and O–H groups in total. The zero-order valence-corrected chi connectivity index (χ0v) is 21.6. The van der Waals surface area contributed by atoms with Gasteiger partial charge in [-0.2, -0.15) is 10.3 Å². The van der Waals surface area contributed by atoms with Gasteiger partial charge in [0.15, 0.2) is 4.80 Å². The molecule has 1 aliphatic rings. The van der Waals surface area contributed by atoms with Gasteiger partial charge in [0, 0.05) is 10.8 Å². The maximum atomic E-state index is 13.1. The number of rotatable bonds is 10. The van der Waals surface area contributed by atoms with Gasteiger partial charge in [0.25, 0.3) is 5.91 Å². The number of thiazole rings is 1. The molecule has 2 aromatic carbocycles. The fourth-order valence-electron chi connectivity index (χ4n) is 4.14. The van der Waals surface area contributed by atoms with Crippen molar-refractivity contribution in [2.75, 3.05) is 6.61 Å². The van der Waals surface area contributed by atoms with E-state index in [0.717, 1.165) is 60.1 Å². The van der Waals surface area contributed by atoms with Gasteiger partial charge in [0.1, 0.15) is 5.69 Å². The lowest BCUT2D eigenvalue weighted by atomic mass is 9.99. The van der Waals surface area contributed by atoms with E-state index in [2.05, 4.69) is 18.0 Å². The molecule has 1 fully saturated rings. The summed E-state index contributed by atoms with van der Waals surface area (Å²) in [4.78, 5) is 31.6. The highest BCUT2D eigenvalue weighted by molar-refractivity contribution is 7.09. The Morgan fingerprint density at radius 2 is 1.86 bits per heavy atom. The van der Waals surface area contributed by atoms with Gasteiger partial charge >= 0.3 is 5.97 Å². The second kappa shape index (κ2) is 12.0. The molecule has 1 aromatic heterocycles. The third-order valence-electron chi connectivity index (χ3n) is 6.24. The van der Waals surface area contributed by atoms with E-state index in [1.807, 2.05) is 47.0 Å². The Kier molecular flexibility index (Phi) is 8.50. The van der Waals surface area contributed by atoms with Crippen LogP contribution < -0.4 is 4.80 Å². The van der Waals surface area contributed by atoms with Crippen LogP contribution in [-0.4, -0.2) is 23.1 Å². The molecule has 0 unspecified atom stereocenters. The van der Waals surface area contributed by atoms with Crippen LogP contribution in [0.25, 0.3) is 11.1 Å². The highest BCUT2D eigenvalue weighted by atomic mass is 32.1. The number of carbonyl (C=O) groups excluding carboxylic acids is 2. The van der Waals surface area contributed by atoms with E-state index < -0.39 is 0 Å². The van der Waals surface area contributed by atoms with E-state index in [1.54, 1.807) is 13.0 Å². The summed E-state index contributed by atoms with van der Waals surface area (Å²) in [7, 11) is 0. The highest BCUT2D eigenvalue weighted by Gasteiger charge is 2.30. The molecule has 0 bridgehead atoms. The van der Waals surface area contributed by atoms with Crippen molar-refractivity contribution in [2.45, 2.75) is 58.9 Å². The van der Waals surface area contributed by atoms with Crippen LogP contribution in [0.1, 0.15) is 72.4 Å². The van der Waals surface area contributed by atoms with Gasteiger partial charge in [0.05, 0.1) is 24.8 Å². The first-order valence-electron chi connectivity index (χ1n) is 12.6. The Morgan fingerprint density at radius 3 is 2.53 bits per heavy atom. The molecule has 0 radical (unpaired) electrons. The molecular weight excluding hydrogens is 470 g/mol. The van der Waals surface area contributed by atoms with Crippen LogP contribution in [0, 0.1) is 17.2 Å². The first-order valence-corrected chi connectivity index (χ1v) is 13.4. The van der Waals surface area contributed by atoms with Crippen molar-refractivity contribution in [3.8, 4) is 17.2 Å². The molecule has 3 aromatic rings.